The summed E-state index contributed by atoms with van der Waals surface area (Å²) in [5.74, 6) is -1.36. The van der Waals surface area contributed by atoms with Gasteiger partial charge in [0.25, 0.3) is 0 Å². The molecule has 160 valence electrons. The number of halogens is 1. The van der Waals surface area contributed by atoms with Crippen molar-refractivity contribution in [1.82, 2.24) is 4.90 Å². The van der Waals surface area contributed by atoms with E-state index in [2.05, 4.69) is 0 Å². The summed E-state index contributed by atoms with van der Waals surface area (Å²) in [6.07, 6.45) is 0.332. The Morgan fingerprint density at radius 3 is 2.45 bits per heavy atom. The molecule has 1 aliphatic carbocycles. The van der Waals surface area contributed by atoms with E-state index in [-0.39, 0.29) is 11.7 Å². The van der Waals surface area contributed by atoms with Crippen molar-refractivity contribution in [3.8, 4) is 5.75 Å². The minimum atomic E-state index is -1.57. The molecule has 1 amide bonds. The van der Waals surface area contributed by atoms with Crippen LogP contribution in [-0.4, -0.2) is 48.9 Å². The van der Waals surface area contributed by atoms with E-state index in [9.17, 15) is 14.4 Å². The second-order valence-corrected chi connectivity index (χ2v) is 8.67. The van der Waals surface area contributed by atoms with Crippen LogP contribution in [0.5, 0.6) is 5.75 Å². The van der Waals surface area contributed by atoms with E-state index in [1.165, 1.54) is 0 Å². The number of para-hydroxylation sites is 1. The van der Waals surface area contributed by atoms with Crippen molar-refractivity contribution in [2.45, 2.75) is 19.3 Å². The highest BCUT2D eigenvalue weighted by Gasteiger charge is 2.89. The number of hydrogen-bond donors (Lipinski definition) is 0. The molecular formula is C24H22ClNO5. The Hall–Kier alpha value is -2.70. The molecule has 2 heterocycles. The zero-order valence-electron chi connectivity index (χ0n) is 17.1. The number of rotatable bonds is 4. The summed E-state index contributed by atoms with van der Waals surface area (Å²) in [4.78, 5) is 43.0. The van der Waals surface area contributed by atoms with Gasteiger partial charge in [-0.15, -0.1) is 0 Å². The van der Waals surface area contributed by atoms with Gasteiger partial charge in [-0.25, -0.2) is 0 Å². The SMILES string of the molecule is CC[C@]1(C(=O)c2ccc(Cl)cc2)[C@@H]2c3ccccc3OC(=O)[C@@]21C(=O)N1CCOCC1. The molecule has 1 saturated heterocycles. The van der Waals surface area contributed by atoms with Crippen LogP contribution in [0.1, 0.15) is 35.2 Å². The highest BCUT2D eigenvalue weighted by Crippen LogP contribution is 2.80. The standard InChI is InChI=1S/C24H22ClNO5/c1-2-23(20(27)15-7-9-16(25)10-8-15)19-17-5-3-4-6-18(17)31-22(29)24(19,23)21(28)26-11-13-30-14-12-26/h3-10,19H,2,11-14H2,1H3/t19-,23+,24-/m0/s1. The van der Waals surface area contributed by atoms with Crippen LogP contribution >= 0.6 is 11.6 Å². The van der Waals surface area contributed by atoms with Crippen LogP contribution in [0.4, 0.5) is 0 Å². The van der Waals surface area contributed by atoms with Crippen LogP contribution in [0.2, 0.25) is 5.02 Å². The van der Waals surface area contributed by atoms with Crippen molar-refractivity contribution in [1.29, 1.82) is 0 Å². The molecule has 2 aliphatic heterocycles. The summed E-state index contributed by atoms with van der Waals surface area (Å²) in [6.45, 7) is 3.44. The van der Waals surface area contributed by atoms with Crippen molar-refractivity contribution in [3.05, 3.63) is 64.7 Å². The first-order chi connectivity index (χ1) is 15.0. The molecule has 2 aromatic rings. The topological polar surface area (TPSA) is 72.9 Å². The number of hydrogen-bond acceptors (Lipinski definition) is 5. The van der Waals surface area contributed by atoms with Gasteiger partial charge in [-0.2, -0.15) is 0 Å². The van der Waals surface area contributed by atoms with Crippen LogP contribution < -0.4 is 4.74 Å². The third kappa shape index (κ3) is 2.58. The fourth-order valence-corrected chi connectivity index (χ4v) is 5.68. The number of morpholine rings is 1. The van der Waals surface area contributed by atoms with E-state index < -0.39 is 22.7 Å². The predicted molar refractivity (Wildman–Crippen MR) is 113 cm³/mol. The number of esters is 1. The van der Waals surface area contributed by atoms with E-state index in [0.717, 1.165) is 5.56 Å². The Morgan fingerprint density at radius 1 is 1.10 bits per heavy atom. The zero-order chi connectivity index (χ0) is 21.8. The van der Waals surface area contributed by atoms with Gasteiger partial charge in [-0.1, -0.05) is 36.7 Å². The lowest BCUT2D eigenvalue weighted by atomic mass is 9.82. The van der Waals surface area contributed by atoms with Gasteiger partial charge >= 0.3 is 5.97 Å². The van der Waals surface area contributed by atoms with Gasteiger partial charge in [-0.3, -0.25) is 14.4 Å². The van der Waals surface area contributed by atoms with Crippen molar-refractivity contribution >= 4 is 29.3 Å². The highest BCUT2D eigenvalue weighted by atomic mass is 35.5. The van der Waals surface area contributed by atoms with E-state index in [4.69, 9.17) is 21.1 Å². The highest BCUT2D eigenvalue weighted by molar-refractivity contribution is 6.30. The number of carbonyl (C=O) groups excluding carboxylic acids is 3. The molecule has 0 bridgehead atoms. The summed E-state index contributed by atoms with van der Waals surface area (Å²) in [7, 11) is 0. The second kappa shape index (κ2) is 7.18. The summed E-state index contributed by atoms with van der Waals surface area (Å²) in [5.41, 5.74) is -1.61. The Balaban J connectivity index is 1.68. The van der Waals surface area contributed by atoms with Gasteiger partial charge in [0.05, 0.1) is 18.6 Å². The normalized spacial score (nSPS) is 28.9. The van der Waals surface area contributed by atoms with Crippen LogP contribution in [0, 0.1) is 10.8 Å². The first-order valence-electron chi connectivity index (χ1n) is 10.5. The van der Waals surface area contributed by atoms with E-state index >= 15 is 0 Å². The number of benzene rings is 2. The quantitative estimate of drug-likeness (QED) is 0.315. The minimum Gasteiger partial charge on any atom is -0.425 e. The minimum absolute atomic E-state index is 0.230. The third-order valence-electron chi connectivity index (χ3n) is 7.01. The van der Waals surface area contributed by atoms with E-state index in [1.807, 2.05) is 19.1 Å². The largest absolute Gasteiger partial charge is 0.425 e. The zero-order valence-corrected chi connectivity index (χ0v) is 17.9. The number of ether oxygens (including phenoxy) is 2. The molecule has 0 aromatic heterocycles. The van der Waals surface area contributed by atoms with Gasteiger partial charge in [0, 0.05) is 35.2 Å². The summed E-state index contributed by atoms with van der Waals surface area (Å²) >= 11 is 6.01. The molecule has 31 heavy (non-hydrogen) atoms. The molecule has 3 atom stereocenters. The number of nitrogens with zero attached hydrogens (tertiary/aromatic N) is 1. The Labute approximate surface area is 185 Å². The maximum absolute atomic E-state index is 13.9. The average molecular weight is 440 g/mol. The maximum Gasteiger partial charge on any atom is 0.328 e. The van der Waals surface area contributed by atoms with Gasteiger partial charge in [0.15, 0.2) is 11.2 Å². The second-order valence-electron chi connectivity index (χ2n) is 8.23. The van der Waals surface area contributed by atoms with Crippen LogP contribution in [0.25, 0.3) is 0 Å². The molecule has 0 N–H and O–H groups in total. The lowest BCUT2D eigenvalue weighted by Gasteiger charge is -2.32. The summed E-state index contributed by atoms with van der Waals surface area (Å²) in [5, 5.41) is 0.513. The Kier molecular flexibility index (Phi) is 4.68. The number of Topliss-reactive ketones (excluding diaryl/α,β-unsaturated/α-hetero) is 1. The smallest absolute Gasteiger partial charge is 0.328 e. The van der Waals surface area contributed by atoms with Crippen LogP contribution in [0.15, 0.2) is 48.5 Å². The van der Waals surface area contributed by atoms with Crippen LogP contribution in [0.3, 0.4) is 0 Å². The maximum atomic E-state index is 13.9. The van der Waals surface area contributed by atoms with Crippen molar-refractivity contribution < 1.29 is 23.9 Å². The van der Waals surface area contributed by atoms with Crippen molar-refractivity contribution in [2.24, 2.45) is 10.8 Å². The molecule has 6 nitrogen and oxygen atoms in total. The van der Waals surface area contributed by atoms with Gasteiger partial charge in [-0.05, 0) is 36.8 Å². The Bertz CT molecular complexity index is 1080. The van der Waals surface area contributed by atoms with E-state index in [1.54, 1.807) is 41.3 Å². The van der Waals surface area contributed by atoms with Gasteiger partial charge < -0.3 is 14.4 Å². The lowest BCUT2D eigenvalue weighted by Crippen LogP contribution is -2.51. The molecule has 5 rings (SSSR count). The fourth-order valence-electron chi connectivity index (χ4n) is 5.56. The monoisotopic (exact) mass is 439 g/mol. The number of fused-ring (bicyclic) bond motifs is 3. The van der Waals surface area contributed by atoms with Crippen molar-refractivity contribution in [3.63, 3.8) is 0 Å². The molecule has 3 aliphatic rings. The number of amides is 1. The molecule has 0 spiro atoms. The first-order valence-corrected chi connectivity index (χ1v) is 10.8. The molecule has 7 heteroatoms. The lowest BCUT2D eigenvalue weighted by molar-refractivity contribution is -0.156. The van der Waals surface area contributed by atoms with Crippen LogP contribution in [-0.2, 0) is 14.3 Å². The number of carbonyl (C=O) groups is 3. The molecule has 1 saturated carbocycles. The molecule has 0 unspecified atom stereocenters. The first kappa shape index (κ1) is 20.2. The molecule has 0 radical (unpaired) electrons. The predicted octanol–water partition coefficient (Wildman–Crippen LogP) is 3.48. The third-order valence-corrected chi connectivity index (χ3v) is 7.26. The number of ketones is 1. The fraction of sp³-hybridized carbons (Fsp3) is 0.375. The summed E-state index contributed by atoms with van der Waals surface area (Å²) in [6, 6.07) is 13.8. The molecule has 2 fully saturated rings. The molecular weight excluding hydrogens is 418 g/mol. The van der Waals surface area contributed by atoms with Crippen molar-refractivity contribution in [2.75, 3.05) is 26.3 Å². The van der Waals surface area contributed by atoms with Gasteiger partial charge in [0.1, 0.15) is 5.75 Å². The molecule has 2 aromatic carbocycles. The Morgan fingerprint density at radius 2 is 1.77 bits per heavy atom. The van der Waals surface area contributed by atoms with Gasteiger partial charge in [0.2, 0.25) is 5.91 Å². The summed E-state index contributed by atoms with van der Waals surface area (Å²) < 4.78 is 11.1. The van der Waals surface area contributed by atoms with E-state index in [0.29, 0.717) is 49.1 Å². The average Bonchev–Trinajstić information content (AvgIpc) is 3.46.